The second kappa shape index (κ2) is 6.35. The third-order valence-electron chi connectivity index (χ3n) is 2.27. The van der Waals surface area contributed by atoms with Crippen LogP contribution in [0.5, 0.6) is 0 Å². The van der Waals surface area contributed by atoms with E-state index in [1.807, 2.05) is 26.0 Å². The van der Waals surface area contributed by atoms with Crippen molar-refractivity contribution in [1.29, 1.82) is 0 Å². The lowest BCUT2D eigenvalue weighted by Gasteiger charge is -2.13. The first-order chi connectivity index (χ1) is 8.40. The molecular formula is C13H14BrNO3. The van der Waals surface area contributed by atoms with Crippen molar-refractivity contribution in [2.45, 2.75) is 19.8 Å². The zero-order valence-electron chi connectivity index (χ0n) is 10.1. The fraction of sp³-hybridized carbons (Fsp3) is 0.231. The molecule has 1 rings (SSSR count). The SMILES string of the molecule is CC(C)c1cc(Br)ccc1NC(=O)/C=C/C(=O)O. The predicted octanol–water partition coefficient (Wildman–Crippen LogP) is 3.15. The number of benzene rings is 1. The summed E-state index contributed by atoms with van der Waals surface area (Å²) in [5.74, 6) is -1.35. The van der Waals surface area contributed by atoms with Crippen molar-refractivity contribution in [3.8, 4) is 0 Å². The Kier molecular flexibility index (Phi) is 5.09. The molecule has 0 unspecified atom stereocenters. The van der Waals surface area contributed by atoms with Gasteiger partial charge in [0, 0.05) is 22.3 Å². The summed E-state index contributed by atoms with van der Waals surface area (Å²) in [5.41, 5.74) is 1.68. The fourth-order valence-electron chi connectivity index (χ4n) is 1.45. The number of rotatable bonds is 4. The van der Waals surface area contributed by atoms with E-state index in [-0.39, 0.29) is 5.92 Å². The molecule has 0 atom stereocenters. The normalized spacial score (nSPS) is 10.9. The van der Waals surface area contributed by atoms with E-state index >= 15 is 0 Å². The quantitative estimate of drug-likeness (QED) is 0.839. The minimum absolute atomic E-state index is 0.251. The molecule has 5 heteroatoms. The molecule has 2 N–H and O–H groups in total. The van der Waals surface area contributed by atoms with E-state index < -0.39 is 11.9 Å². The van der Waals surface area contributed by atoms with Crippen LogP contribution in [0.25, 0.3) is 0 Å². The summed E-state index contributed by atoms with van der Waals surface area (Å²) in [4.78, 5) is 21.8. The Morgan fingerprint density at radius 1 is 1.33 bits per heavy atom. The Balaban J connectivity index is 2.90. The van der Waals surface area contributed by atoms with Gasteiger partial charge in [-0.05, 0) is 29.7 Å². The fourth-order valence-corrected chi connectivity index (χ4v) is 1.83. The first kappa shape index (κ1) is 14.4. The smallest absolute Gasteiger partial charge is 0.328 e. The summed E-state index contributed by atoms with van der Waals surface area (Å²) in [6, 6.07) is 5.54. The van der Waals surface area contributed by atoms with Gasteiger partial charge in [-0.2, -0.15) is 0 Å². The van der Waals surface area contributed by atoms with E-state index in [9.17, 15) is 9.59 Å². The average molecular weight is 312 g/mol. The molecule has 18 heavy (non-hydrogen) atoms. The molecule has 0 radical (unpaired) electrons. The average Bonchev–Trinajstić information content (AvgIpc) is 2.28. The molecule has 0 spiro atoms. The lowest BCUT2D eigenvalue weighted by Crippen LogP contribution is -2.11. The maximum atomic E-state index is 11.5. The van der Waals surface area contributed by atoms with Gasteiger partial charge in [-0.3, -0.25) is 4.79 Å². The topological polar surface area (TPSA) is 66.4 Å². The highest BCUT2D eigenvalue weighted by atomic mass is 79.9. The number of nitrogens with one attached hydrogen (secondary N) is 1. The summed E-state index contributed by atoms with van der Waals surface area (Å²) in [5, 5.41) is 11.1. The van der Waals surface area contributed by atoms with Gasteiger partial charge in [-0.15, -0.1) is 0 Å². The molecular weight excluding hydrogens is 298 g/mol. The van der Waals surface area contributed by atoms with Crippen molar-refractivity contribution >= 4 is 33.5 Å². The Hall–Kier alpha value is -1.62. The maximum Gasteiger partial charge on any atom is 0.328 e. The van der Waals surface area contributed by atoms with Gasteiger partial charge in [0.25, 0.3) is 0 Å². The molecule has 0 aromatic heterocycles. The van der Waals surface area contributed by atoms with Gasteiger partial charge in [0.1, 0.15) is 0 Å². The van der Waals surface area contributed by atoms with Crippen LogP contribution in [-0.4, -0.2) is 17.0 Å². The number of aliphatic carboxylic acids is 1. The first-order valence-corrected chi connectivity index (χ1v) is 6.21. The van der Waals surface area contributed by atoms with Crippen molar-refractivity contribution in [2.24, 2.45) is 0 Å². The highest BCUT2D eigenvalue weighted by Gasteiger charge is 2.09. The Labute approximate surface area is 114 Å². The van der Waals surface area contributed by atoms with Gasteiger partial charge >= 0.3 is 5.97 Å². The zero-order valence-corrected chi connectivity index (χ0v) is 11.7. The Bertz CT molecular complexity index is 495. The number of hydrogen-bond acceptors (Lipinski definition) is 2. The van der Waals surface area contributed by atoms with Crippen LogP contribution in [0.3, 0.4) is 0 Å². The Morgan fingerprint density at radius 2 is 2.00 bits per heavy atom. The number of amides is 1. The Morgan fingerprint density at radius 3 is 2.56 bits per heavy atom. The van der Waals surface area contributed by atoms with Gasteiger partial charge in [0.2, 0.25) is 5.91 Å². The van der Waals surface area contributed by atoms with E-state index in [0.717, 1.165) is 22.2 Å². The number of carboxylic acid groups (broad SMARTS) is 1. The van der Waals surface area contributed by atoms with E-state index in [0.29, 0.717) is 5.69 Å². The van der Waals surface area contributed by atoms with E-state index in [1.165, 1.54) is 0 Å². The van der Waals surface area contributed by atoms with Gasteiger partial charge < -0.3 is 10.4 Å². The van der Waals surface area contributed by atoms with Crippen LogP contribution < -0.4 is 5.32 Å². The molecule has 0 aliphatic carbocycles. The van der Waals surface area contributed by atoms with Crippen LogP contribution in [-0.2, 0) is 9.59 Å². The van der Waals surface area contributed by atoms with Crippen molar-refractivity contribution in [3.63, 3.8) is 0 Å². The van der Waals surface area contributed by atoms with E-state index in [1.54, 1.807) is 6.07 Å². The number of carbonyl (C=O) groups excluding carboxylic acids is 1. The highest BCUT2D eigenvalue weighted by molar-refractivity contribution is 9.10. The van der Waals surface area contributed by atoms with Crippen LogP contribution in [0.1, 0.15) is 25.3 Å². The minimum atomic E-state index is -1.15. The van der Waals surface area contributed by atoms with Crippen molar-refractivity contribution < 1.29 is 14.7 Å². The molecule has 1 aromatic carbocycles. The molecule has 4 nitrogen and oxygen atoms in total. The third kappa shape index (κ3) is 4.33. The monoisotopic (exact) mass is 311 g/mol. The predicted molar refractivity (Wildman–Crippen MR) is 73.6 cm³/mol. The molecule has 0 fully saturated rings. The summed E-state index contributed by atoms with van der Waals surface area (Å²) in [7, 11) is 0. The number of halogens is 1. The van der Waals surface area contributed by atoms with Crippen LogP contribution in [0.15, 0.2) is 34.8 Å². The number of hydrogen-bond donors (Lipinski definition) is 2. The number of anilines is 1. The van der Waals surface area contributed by atoms with E-state index in [4.69, 9.17) is 5.11 Å². The number of carboxylic acids is 1. The minimum Gasteiger partial charge on any atom is -0.478 e. The van der Waals surface area contributed by atoms with Gasteiger partial charge in [-0.1, -0.05) is 29.8 Å². The number of carbonyl (C=O) groups is 2. The molecule has 0 aliphatic heterocycles. The molecule has 96 valence electrons. The van der Waals surface area contributed by atoms with Crippen LogP contribution >= 0.6 is 15.9 Å². The van der Waals surface area contributed by atoms with Crippen molar-refractivity contribution in [3.05, 3.63) is 40.4 Å². The van der Waals surface area contributed by atoms with Crippen LogP contribution in [0.4, 0.5) is 5.69 Å². The first-order valence-electron chi connectivity index (χ1n) is 5.41. The van der Waals surface area contributed by atoms with Gasteiger partial charge in [-0.25, -0.2) is 4.79 Å². The molecule has 0 bridgehead atoms. The van der Waals surface area contributed by atoms with Crippen molar-refractivity contribution in [2.75, 3.05) is 5.32 Å². The maximum absolute atomic E-state index is 11.5. The van der Waals surface area contributed by atoms with Crippen molar-refractivity contribution in [1.82, 2.24) is 0 Å². The molecule has 1 amide bonds. The molecule has 1 aromatic rings. The lowest BCUT2D eigenvalue weighted by molar-refractivity contribution is -0.131. The summed E-state index contributed by atoms with van der Waals surface area (Å²) >= 11 is 3.38. The summed E-state index contributed by atoms with van der Waals surface area (Å²) in [6.45, 7) is 4.04. The van der Waals surface area contributed by atoms with E-state index in [2.05, 4.69) is 21.2 Å². The largest absolute Gasteiger partial charge is 0.478 e. The van der Waals surface area contributed by atoms with Gasteiger partial charge in [0.15, 0.2) is 0 Å². The standard InChI is InChI=1S/C13H14BrNO3/c1-8(2)10-7-9(14)3-4-11(10)15-12(16)5-6-13(17)18/h3-8H,1-2H3,(H,15,16)(H,17,18)/b6-5+. The third-order valence-corrected chi connectivity index (χ3v) is 2.76. The second-order valence-corrected chi connectivity index (χ2v) is 4.96. The second-order valence-electron chi connectivity index (χ2n) is 4.05. The molecule has 0 saturated carbocycles. The molecule has 0 aliphatic rings. The van der Waals surface area contributed by atoms with Crippen LogP contribution in [0.2, 0.25) is 0 Å². The summed E-state index contributed by atoms with van der Waals surface area (Å²) in [6.07, 6.45) is 1.80. The molecule has 0 saturated heterocycles. The molecule has 0 heterocycles. The lowest BCUT2D eigenvalue weighted by atomic mass is 10.0. The highest BCUT2D eigenvalue weighted by Crippen LogP contribution is 2.27. The van der Waals surface area contributed by atoms with Crippen LogP contribution in [0, 0.1) is 0 Å². The van der Waals surface area contributed by atoms with Gasteiger partial charge in [0.05, 0.1) is 0 Å². The zero-order chi connectivity index (χ0) is 13.7. The summed E-state index contributed by atoms with van der Waals surface area (Å²) < 4.78 is 0.935.